The molecule has 2 aliphatic rings. The molecular formula is C62H55BN4. The first-order valence-electron chi connectivity index (χ1n) is 23.6. The maximum Gasteiger partial charge on any atom is 0.252 e. The van der Waals surface area contributed by atoms with E-state index in [9.17, 15) is 0 Å². The first-order valence-corrected chi connectivity index (χ1v) is 23.6. The molecule has 0 fully saturated rings. The number of nitrogens with zero attached hydrogens (tertiary/aromatic N) is 4. The van der Waals surface area contributed by atoms with Gasteiger partial charge in [-0.2, -0.15) is 0 Å². The summed E-state index contributed by atoms with van der Waals surface area (Å²) >= 11 is 0. The first-order chi connectivity index (χ1) is 32.5. The molecule has 0 aliphatic carbocycles. The number of para-hydroxylation sites is 4. The van der Waals surface area contributed by atoms with Crippen molar-refractivity contribution in [3.8, 4) is 0 Å². The number of fused-ring (bicyclic) bond motifs is 4. The summed E-state index contributed by atoms with van der Waals surface area (Å²) in [6, 6.07) is 82.6. The van der Waals surface area contributed by atoms with Crippen molar-refractivity contribution in [2.24, 2.45) is 0 Å². The van der Waals surface area contributed by atoms with Gasteiger partial charge >= 0.3 is 0 Å². The highest BCUT2D eigenvalue weighted by molar-refractivity contribution is 7.00. The molecule has 0 spiro atoms. The molecule has 0 unspecified atom stereocenters. The molecule has 67 heavy (non-hydrogen) atoms. The van der Waals surface area contributed by atoms with E-state index >= 15 is 0 Å². The lowest BCUT2D eigenvalue weighted by atomic mass is 9.33. The van der Waals surface area contributed by atoms with Gasteiger partial charge in [0.2, 0.25) is 0 Å². The van der Waals surface area contributed by atoms with Crippen LogP contribution in [0.15, 0.2) is 224 Å². The molecule has 326 valence electrons. The van der Waals surface area contributed by atoms with E-state index in [0.29, 0.717) is 0 Å². The summed E-state index contributed by atoms with van der Waals surface area (Å²) in [6.45, 7) is 13.7. The SMILES string of the molecule is CC(C)(C)c1ccc(N2c3cc(N(c4ccccc4)c4ccccc4)ccc3B3c4ccc(N(c5ccccc5)c5ccccc5)cc4N(c4ccc(C(C)(C)C)cc4)c4cccc2c43)cc1. The standard InChI is InChI=1S/C62H55BN4/c1-61(2,3)44-30-34-50(35-31-44)66-56-28-19-29-57-60(56)63(54-40-38-52(42-58(54)66)64(46-20-11-7-12-21-46)47-22-13-8-14-23-47)55-41-39-53(65(48-24-15-9-16-25-48)49-26-17-10-18-27-49)43-59(55)67(57)51-36-32-45(33-37-51)62(4,5)6/h7-43H,1-6H3. The van der Waals surface area contributed by atoms with Gasteiger partial charge in [-0.25, -0.2) is 0 Å². The molecule has 4 nitrogen and oxygen atoms in total. The molecule has 2 aliphatic heterocycles. The third kappa shape index (κ3) is 7.55. The predicted octanol–water partition coefficient (Wildman–Crippen LogP) is 15.3. The van der Waals surface area contributed by atoms with E-state index in [2.05, 4.69) is 286 Å². The average Bonchev–Trinajstić information content (AvgIpc) is 3.35. The Morgan fingerprint density at radius 3 is 0.955 bits per heavy atom. The minimum Gasteiger partial charge on any atom is -0.311 e. The van der Waals surface area contributed by atoms with E-state index in [0.717, 1.165) is 45.5 Å². The van der Waals surface area contributed by atoms with E-state index in [1.807, 2.05) is 0 Å². The van der Waals surface area contributed by atoms with Gasteiger partial charge < -0.3 is 19.6 Å². The van der Waals surface area contributed by atoms with Crippen LogP contribution in [0.3, 0.4) is 0 Å². The smallest absolute Gasteiger partial charge is 0.252 e. The lowest BCUT2D eigenvalue weighted by Crippen LogP contribution is -2.61. The topological polar surface area (TPSA) is 13.0 Å². The molecule has 0 N–H and O–H groups in total. The fourth-order valence-electron chi connectivity index (χ4n) is 10.2. The lowest BCUT2D eigenvalue weighted by molar-refractivity contribution is 0.590. The molecule has 0 bridgehead atoms. The summed E-state index contributed by atoms with van der Waals surface area (Å²) < 4.78 is 0. The average molecular weight is 867 g/mol. The third-order valence-corrected chi connectivity index (χ3v) is 13.5. The number of rotatable bonds is 8. The highest BCUT2D eigenvalue weighted by atomic mass is 15.2. The van der Waals surface area contributed by atoms with Crippen molar-refractivity contribution >= 4 is 91.3 Å². The largest absolute Gasteiger partial charge is 0.311 e. The molecule has 9 aromatic rings. The third-order valence-electron chi connectivity index (χ3n) is 13.5. The second kappa shape index (κ2) is 16.6. The van der Waals surface area contributed by atoms with Crippen LogP contribution in [0.2, 0.25) is 0 Å². The van der Waals surface area contributed by atoms with Crippen LogP contribution in [-0.4, -0.2) is 6.71 Å². The van der Waals surface area contributed by atoms with Crippen LogP contribution in [0.1, 0.15) is 52.7 Å². The van der Waals surface area contributed by atoms with Crippen molar-refractivity contribution in [1.29, 1.82) is 0 Å². The summed E-state index contributed by atoms with van der Waals surface area (Å²) in [5.74, 6) is 0. The van der Waals surface area contributed by atoms with E-state index < -0.39 is 0 Å². The molecular weight excluding hydrogens is 812 g/mol. The molecule has 11 rings (SSSR count). The Bertz CT molecular complexity index is 2900. The van der Waals surface area contributed by atoms with Gasteiger partial charge in [-0.3, -0.25) is 0 Å². The molecule has 0 radical (unpaired) electrons. The van der Waals surface area contributed by atoms with Gasteiger partial charge in [0.05, 0.1) is 0 Å². The van der Waals surface area contributed by atoms with E-state index in [1.54, 1.807) is 0 Å². The van der Waals surface area contributed by atoms with Crippen LogP contribution in [-0.2, 0) is 10.8 Å². The maximum absolute atomic E-state index is 2.52. The molecule has 2 heterocycles. The van der Waals surface area contributed by atoms with E-state index in [-0.39, 0.29) is 17.5 Å². The Balaban J connectivity index is 1.17. The van der Waals surface area contributed by atoms with Crippen molar-refractivity contribution in [2.45, 2.75) is 52.4 Å². The summed E-state index contributed by atoms with van der Waals surface area (Å²) in [6.07, 6.45) is 0. The number of benzene rings is 9. The van der Waals surface area contributed by atoms with E-state index in [1.165, 1.54) is 50.3 Å². The van der Waals surface area contributed by atoms with Gasteiger partial charge in [-0.1, -0.05) is 157 Å². The van der Waals surface area contributed by atoms with Crippen molar-refractivity contribution in [3.63, 3.8) is 0 Å². The van der Waals surface area contributed by atoms with Crippen molar-refractivity contribution in [2.75, 3.05) is 19.6 Å². The highest BCUT2D eigenvalue weighted by Crippen LogP contribution is 2.47. The second-order valence-corrected chi connectivity index (χ2v) is 19.9. The summed E-state index contributed by atoms with van der Waals surface area (Å²) in [7, 11) is 0. The first kappa shape index (κ1) is 41.9. The van der Waals surface area contributed by atoms with Crippen LogP contribution >= 0.6 is 0 Å². The Kier molecular flexibility index (Phi) is 10.4. The zero-order chi connectivity index (χ0) is 45.9. The number of anilines is 12. The predicted molar refractivity (Wildman–Crippen MR) is 287 cm³/mol. The van der Waals surface area contributed by atoms with E-state index in [4.69, 9.17) is 0 Å². The van der Waals surface area contributed by atoms with Crippen molar-refractivity contribution < 1.29 is 0 Å². The molecule has 0 saturated heterocycles. The van der Waals surface area contributed by atoms with Crippen LogP contribution in [0.25, 0.3) is 0 Å². The molecule has 9 aromatic carbocycles. The normalized spacial score (nSPS) is 12.8. The van der Waals surface area contributed by atoms with Crippen molar-refractivity contribution in [1.82, 2.24) is 0 Å². The van der Waals surface area contributed by atoms with Gasteiger partial charge in [-0.15, -0.1) is 0 Å². The number of hydrogen-bond acceptors (Lipinski definition) is 4. The minimum absolute atomic E-state index is 0.0244. The van der Waals surface area contributed by atoms with Crippen LogP contribution in [0.4, 0.5) is 68.2 Å². The van der Waals surface area contributed by atoms with Gasteiger partial charge in [0.1, 0.15) is 0 Å². The fraction of sp³-hybridized carbons (Fsp3) is 0.129. The molecule has 0 aromatic heterocycles. The second-order valence-electron chi connectivity index (χ2n) is 19.9. The van der Waals surface area contributed by atoms with Crippen molar-refractivity contribution in [3.05, 3.63) is 236 Å². The fourth-order valence-corrected chi connectivity index (χ4v) is 10.2. The molecule has 0 amide bonds. The lowest BCUT2D eigenvalue weighted by Gasteiger charge is -2.44. The molecule has 5 heteroatoms. The van der Waals surface area contributed by atoms with Gasteiger partial charge in [0.25, 0.3) is 6.71 Å². The van der Waals surface area contributed by atoms with Gasteiger partial charge in [0, 0.05) is 68.2 Å². The monoisotopic (exact) mass is 866 g/mol. The Morgan fingerprint density at radius 1 is 0.313 bits per heavy atom. The Hall–Kier alpha value is -7.76. The quantitative estimate of drug-likeness (QED) is 0.141. The summed E-state index contributed by atoms with van der Waals surface area (Å²) in [4.78, 5) is 9.78. The summed E-state index contributed by atoms with van der Waals surface area (Å²) in [5, 5.41) is 0. The zero-order valence-corrected chi connectivity index (χ0v) is 39.2. The van der Waals surface area contributed by atoms with Gasteiger partial charge in [-0.05, 0) is 148 Å². The minimum atomic E-state index is -0.0432. The Labute approximate surface area is 397 Å². The zero-order valence-electron chi connectivity index (χ0n) is 39.2. The maximum atomic E-state index is 2.52. The Morgan fingerprint density at radius 2 is 0.642 bits per heavy atom. The molecule has 0 atom stereocenters. The highest BCUT2D eigenvalue weighted by Gasteiger charge is 2.44. The summed E-state index contributed by atoms with van der Waals surface area (Å²) in [5.41, 5.74) is 20.1. The number of hydrogen-bond donors (Lipinski definition) is 0. The van der Waals surface area contributed by atoms with Crippen LogP contribution < -0.4 is 36.0 Å². The van der Waals surface area contributed by atoms with Crippen LogP contribution in [0, 0.1) is 0 Å². The molecule has 0 saturated carbocycles. The van der Waals surface area contributed by atoms with Crippen LogP contribution in [0.5, 0.6) is 0 Å². The van der Waals surface area contributed by atoms with Gasteiger partial charge in [0.15, 0.2) is 0 Å².